The van der Waals surface area contributed by atoms with Gasteiger partial charge < -0.3 is 4.98 Å². The normalized spacial score (nSPS) is 23.3. The highest BCUT2D eigenvalue weighted by atomic mass is 16.1. The van der Waals surface area contributed by atoms with Crippen LogP contribution in [0, 0.1) is 23.2 Å². The van der Waals surface area contributed by atoms with Gasteiger partial charge in [0.1, 0.15) is 0 Å². The Morgan fingerprint density at radius 3 is 2.87 bits per heavy atom. The smallest absolute Gasteiger partial charge is 0.248 e. The summed E-state index contributed by atoms with van der Waals surface area (Å²) < 4.78 is 0. The molecule has 0 bridgehead atoms. The molecule has 1 N–H and O–H groups in total. The molecule has 4 rings (SSSR count). The largest absolute Gasteiger partial charge is 0.326 e. The molecular formula is C26H25N3O. The van der Waals surface area contributed by atoms with Crippen molar-refractivity contribution < 1.29 is 0 Å². The molecule has 2 aliphatic carbocycles. The Bertz CT molecular complexity index is 1160. The number of hydrogen-bond acceptors (Lipinski definition) is 3. The molecule has 2 aromatic heterocycles. The average molecular weight is 396 g/mol. The Morgan fingerprint density at radius 2 is 2.10 bits per heavy atom. The molecule has 0 fully saturated rings. The molecule has 3 atom stereocenters. The maximum absolute atomic E-state index is 11.7. The first kappa shape index (κ1) is 19.8. The number of nitrogens with one attached hydrogen (secondary N) is 1. The lowest BCUT2D eigenvalue weighted by Gasteiger charge is -2.34. The minimum Gasteiger partial charge on any atom is -0.326 e. The summed E-state index contributed by atoms with van der Waals surface area (Å²) >= 11 is 0. The molecule has 2 aromatic rings. The van der Waals surface area contributed by atoms with Crippen LogP contribution in [0.25, 0.3) is 11.6 Å². The van der Waals surface area contributed by atoms with Gasteiger partial charge in [-0.1, -0.05) is 56.4 Å². The Morgan fingerprint density at radius 1 is 1.23 bits per heavy atom. The summed E-state index contributed by atoms with van der Waals surface area (Å²) in [4.78, 5) is 19.4. The van der Waals surface area contributed by atoms with Crippen LogP contribution in [-0.2, 0) is 6.42 Å². The van der Waals surface area contributed by atoms with Gasteiger partial charge in [-0.25, -0.2) is 0 Å². The summed E-state index contributed by atoms with van der Waals surface area (Å²) in [6.45, 7) is 4.51. The third-order valence-corrected chi connectivity index (χ3v) is 6.23. The molecule has 150 valence electrons. The van der Waals surface area contributed by atoms with E-state index in [4.69, 9.17) is 0 Å². The van der Waals surface area contributed by atoms with Gasteiger partial charge in [-0.2, -0.15) is 5.26 Å². The summed E-state index contributed by atoms with van der Waals surface area (Å²) in [5.74, 6) is 1.21. The van der Waals surface area contributed by atoms with Gasteiger partial charge >= 0.3 is 0 Å². The Labute approximate surface area is 177 Å². The van der Waals surface area contributed by atoms with Crippen molar-refractivity contribution in [2.24, 2.45) is 11.8 Å². The summed E-state index contributed by atoms with van der Waals surface area (Å²) in [7, 11) is 0. The fourth-order valence-electron chi connectivity index (χ4n) is 4.29. The lowest BCUT2D eigenvalue weighted by molar-refractivity contribution is 0.327. The second-order valence-electron chi connectivity index (χ2n) is 8.13. The van der Waals surface area contributed by atoms with Crippen LogP contribution in [0.15, 0.2) is 71.2 Å². The van der Waals surface area contributed by atoms with Crippen LogP contribution in [0.1, 0.15) is 48.7 Å². The first-order valence-corrected chi connectivity index (χ1v) is 10.4. The predicted molar refractivity (Wildman–Crippen MR) is 121 cm³/mol. The lowest BCUT2D eigenvalue weighted by atomic mass is 9.72. The monoisotopic (exact) mass is 395 g/mol. The molecule has 30 heavy (non-hydrogen) atoms. The standard InChI is InChI=1S/C26H25N3O/c1-17-14-25-24(12-13-26(30)29-25)22(18(17)2)11-10-21-9-8-20(16-28-21)23-7-5-3-4-6-19(23)15-27/h3,5-13,16-18,22H,4,14H2,1-2H3,(H,29,30)/b11-10+. The zero-order chi connectivity index (χ0) is 21.1. The molecule has 0 radical (unpaired) electrons. The molecule has 0 spiro atoms. The lowest BCUT2D eigenvalue weighted by Crippen LogP contribution is -2.27. The average Bonchev–Trinajstić information content (AvgIpc) is 3.00. The zero-order valence-electron chi connectivity index (χ0n) is 17.3. The van der Waals surface area contributed by atoms with E-state index < -0.39 is 0 Å². The van der Waals surface area contributed by atoms with Gasteiger partial charge in [0.25, 0.3) is 0 Å². The van der Waals surface area contributed by atoms with E-state index >= 15 is 0 Å². The minimum atomic E-state index is -0.0380. The van der Waals surface area contributed by atoms with Crippen molar-refractivity contribution >= 4 is 11.6 Å². The topological polar surface area (TPSA) is 69.5 Å². The third kappa shape index (κ3) is 3.97. The highest BCUT2D eigenvalue weighted by Crippen LogP contribution is 2.39. The van der Waals surface area contributed by atoms with Crippen LogP contribution in [0.2, 0.25) is 0 Å². The molecule has 2 heterocycles. The first-order valence-electron chi connectivity index (χ1n) is 10.4. The Kier molecular flexibility index (Phi) is 5.63. The number of fused-ring (bicyclic) bond motifs is 1. The van der Waals surface area contributed by atoms with E-state index in [0.717, 1.165) is 35.4 Å². The highest BCUT2D eigenvalue weighted by molar-refractivity contribution is 5.84. The number of pyridine rings is 2. The van der Waals surface area contributed by atoms with Gasteiger partial charge in [-0.05, 0) is 42.4 Å². The van der Waals surface area contributed by atoms with Gasteiger partial charge in [0.05, 0.1) is 17.3 Å². The van der Waals surface area contributed by atoms with Crippen LogP contribution in [-0.4, -0.2) is 9.97 Å². The number of hydrogen-bond donors (Lipinski definition) is 1. The third-order valence-electron chi connectivity index (χ3n) is 6.23. The van der Waals surface area contributed by atoms with Crippen LogP contribution < -0.4 is 5.56 Å². The molecule has 0 saturated carbocycles. The quantitative estimate of drug-likeness (QED) is 0.778. The molecule has 4 heteroatoms. The van der Waals surface area contributed by atoms with Crippen LogP contribution in [0.3, 0.4) is 0 Å². The van der Waals surface area contributed by atoms with Crippen molar-refractivity contribution in [2.75, 3.05) is 0 Å². The van der Waals surface area contributed by atoms with Gasteiger partial charge in [-0.15, -0.1) is 0 Å². The van der Waals surface area contributed by atoms with Crippen LogP contribution in [0.5, 0.6) is 0 Å². The molecule has 3 unspecified atom stereocenters. The Hall–Kier alpha value is -3.45. The fourth-order valence-corrected chi connectivity index (χ4v) is 4.29. The number of nitrogens with zero attached hydrogens (tertiary/aromatic N) is 2. The van der Waals surface area contributed by atoms with Crippen molar-refractivity contribution in [3.8, 4) is 6.07 Å². The summed E-state index contributed by atoms with van der Waals surface area (Å²) in [5.41, 5.74) is 5.62. The van der Waals surface area contributed by atoms with E-state index in [9.17, 15) is 10.1 Å². The van der Waals surface area contributed by atoms with E-state index in [1.165, 1.54) is 5.56 Å². The molecule has 0 saturated heterocycles. The van der Waals surface area contributed by atoms with E-state index in [2.05, 4.69) is 42.0 Å². The number of rotatable bonds is 3. The predicted octanol–water partition coefficient (Wildman–Crippen LogP) is 5.19. The zero-order valence-corrected chi connectivity index (χ0v) is 17.3. The minimum absolute atomic E-state index is 0.0380. The first-order chi connectivity index (χ1) is 14.6. The van der Waals surface area contributed by atoms with Gasteiger partial charge in [0.15, 0.2) is 0 Å². The second-order valence-corrected chi connectivity index (χ2v) is 8.13. The van der Waals surface area contributed by atoms with Crippen LogP contribution in [0.4, 0.5) is 0 Å². The van der Waals surface area contributed by atoms with E-state index in [-0.39, 0.29) is 11.5 Å². The molecule has 4 nitrogen and oxygen atoms in total. The van der Waals surface area contributed by atoms with Gasteiger partial charge in [0.2, 0.25) is 5.56 Å². The second kappa shape index (κ2) is 8.51. The van der Waals surface area contributed by atoms with Crippen LogP contribution >= 0.6 is 0 Å². The summed E-state index contributed by atoms with van der Waals surface area (Å²) in [6.07, 6.45) is 15.7. The molecule has 0 amide bonds. The summed E-state index contributed by atoms with van der Waals surface area (Å²) in [5, 5.41) is 9.43. The highest BCUT2D eigenvalue weighted by Gasteiger charge is 2.30. The maximum atomic E-state index is 11.7. The molecular weight excluding hydrogens is 370 g/mol. The molecule has 0 aromatic carbocycles. The van der Waals surface area contributed by atoms with Crippen molar-refractivity contribution in [3.63, 3.8) is 0 Å². The van der Waals surface area contributed by atoms with Crippen molar-refractivity contribution in [1.82, 2.24) is 9.97 Å². The number of aromatic nitrogens is 2. The molecule has 2 aliphatic rings. The van der Waals surface area contributed by atoms with Gasteiger partial charge in [-0.3, -0.25) is 9.78 Å². The number of aromatic amines is 1. The summed E-state index contributed by atoms with van der Waals surface area (Å²) in [6, 6.07) is 9.86. The van der Waals surface area contributed by atoms with Crippen molar-refractivity contribution in [2.45, 2.75) is 32.6 Å². The van der Waals surface area contributed by atoms with Gasteiger partial charge in [0, 0.05) is 35.0 Å². The van der Waals surface area contributed by atoms with E-state index in [0.29, 0.717) is 17.4 Å². The number of nitriles is 1. The van der Waals surface area contributed by atoms with Crippen molar-refractivity contribution in [3.05, 3.63) is 99.3 Å². The van der Waals surface area contributed by atoms with E-state index in [1.807, 2.05) is 48.7 Å². The SMILES string of the molecule is CC1Cc2[nH]c(=O)ccc2C(/C=C/c2ccc(C3=CC=CCC=C3C#N)cn2)C1C. The van der Waals surface area contributed by atoms with Crippen molar-refractivity contribution in [1.29, 1.82) is 5.26 Å². The Balaban J connectivity index is 1.60. The maximum Gasteiger partial charge on any atom is 0.248 e. The fraction of sp³-hybridized carbons (Fsp3) is 0.269. The van der Waals surface area contributed by atoms with E-state index in [1.54, 1.807) is 6.07 Å². The molecule has 0 aliphatic heterocycles. The number of H-pyrrole nitrogens is 1. The number of allylic oxidation sites excluding steroid dienone is 7.